The number of ether oxygens (including phenoxy) is 3. The Kier molecular flexibility index (Phi) is 17.4. The quantitative estimate of drug-likeness (QED) is 0.112. The van der Waals surface area contributed by atoms with Crippen molar-refractivity contribution < 1.29 is 33.4 Å². The van der Waals surface area contributed by atoms with Crippen LogP contribution in [0.25, 0.3) is 0 Å². The second kappa shape index (κ2) is 20.7. The van der Waals surface area contributed by atoms with Gasteiger partial charge in [-0.2, -0.15) is 0 Å². The maximum Gasteiger partial charge on any atom is 0.325 e. The number of nitrogens with one attached hydrogen (secondary N) is 3. The van der Waals surface area contributed by atoms with Crippen LogP contribution in [-0.2, 0) is 39.8 Å². The van der Waals surface area contributed by atoms with Crippen molar-refractivity contribution in [1.82, 2.24) is 21.1 Å². The van der Waals surface area contributed by atoms with E-state index in [2.05, 4.69) is 29.2 Å². The molecular weight excluding hydrogens is 624 g/mol. The molecule has 11 nitrogen and oxygen atoms in total. The Morgan fingerprint density at radius 2 is 1.76 bits per heavy atom. The van der Waals surface area contributed by atoms with Gasteiger partial charge in [0.25, 0.3) is 5.91 Å². The molecular formula is C38H58N4O7. The summed E-state index contributed by atoms with van der Waals surface area (Å²) in [5, 5.41) is 7.25. The van der Waals surface area contributed by atoms with Gasteiger partial charge in [0.05, 0.1) is 18.1 Å². The third-order valence-corrected chi connectivity index (χ3v) is 8.86. The Hall–Kier alpha value is -3.80. The highest BCUT2D eigenvalue weighted by Crippen LogP contribution is 2.23. The lowest BCUT2D eigenvalue weighted by molar-refractivity contribution is -0.156. The Morgan fingerprint density at radius 3 is 2.35 bits per heavy atom. The van der Waals surface area contributed by atoms with Gasteiger partial charge in [0.2, 0.25) is 11.8 Å². The van der Waals surface area contributed by atoms with Gasteiger partial charge < -0.3 is 24.8 Å². The van der Waals surface area contributed by atoms with E-state index in [1.165, 1.54) is 5.01 Å². The van der Waals surface area contributed by atoms with Crippen LogP contribution in [0.3, 0.4) is 0 Å². The van der Waals surface area contributed by atoms with Gasteiger partial charge in [0, 0.05) is 39.5 Å². The summed E-state index contributed by atoms with van der Waals surface area (Å²) in [6.07, 6.45) is 7.62. The molecule has 0 radical (unpaired) electrons. The maximum absolute atomic E-state index is 14.1. The molecule has 0 spiro atoms. The van der Waals surface area contributed by atoms with Gasteiger partial charge in [-0.3, -0.25) is 24.2 Å². The monoisotopic (exact) mass is 682 g/mol. The summed E-state index contributed by atoms with van der Waals surface area (Å²) in [6, 6.07) is 5.11. The number of carbonyl (C=O) groups excluding carboxylic acids is 4. The van der Waals surface area contributed by atoms with Crippen LogP contribution < -0.4 is 16.1 Å². The van der Waals surface area contributed by atoms with Crippen molar-refractivity contribution in [3.8, 4) is 0 Å². The predicted octanol–water partition coefficient (Wildman–Crippen LogP) is 4.21. The first-order chi connectivity index (χ1) is 23.3. The topological polar surface area (TPSA) is 135 Å². The third-order valence-electron chi connectivity index (χ3n) is 8.86. The summed E-state index contributed by atoms with van der Waals surface area (Å²) in [6.45, 7) is 18.9. The smallest absolute Gasteiger partial charge is 0.325 e. The zero-order chi connectivity index (χ0) is 36.7. The Morgan fingerprint density at radius 1 is 1.04 bits per heavy atom. The van der Waals surface area contributed by atoms with Crippen molar-refractivity contribution in [3.05, 3.63) is 72.9 Å². The molecule has 0 unspecified atom stereocenters. The molecule has 1 aromatic rings. The molecule has 1 fully saturated rings. The fraction of sp³-hybridized carbons (Fsp3) is 0.579. The first kappa shape index (κ1) is 41.4. The third kappa shape index (κ3) is 12.5. The molecule has 11 heteroatoms. The zero-order valence-electron chi connectivity index (χ0n) is 30.6. The Bertz CT molecular complexity index is 1300. The molecule has 8 atom stereocenters. The minimum atomic E-state index is -0.974. The number of amides is 3. The number of carbonyl (C=O) groups is 4. The zero-order valence-corrected chi connectivity index (χ0v) is 30.6. The average Bonchev–Trinajstić information content (AvgIpc) is 3.06. The number of allylic oxidation sites excluding steroid dienone is 2. The maximum atomic E-state index is 14.1. The molecule has 1 aromatic carbocycles. The number of hydrazine groups is 1. The normalized spacial score (nSPS) is 19.2. The number of nitrogens with zero attached hydrogens (tertiary/aromatic N) is 1. The van der Waals surface area contributed by atoms with E-state index in [0.717, 1.165) is 11.1 Å². The molecule has 2 rings (SSSR count). The van der Waals surface area contributed by atoms with Crippen molar-refractivity contribution in [1.29, 1.82) is 0 Å². The molecule has 0 bridgehead atoms. The molecule has 0 saturated carbocycles. The van der Waals surface area contributed by atoms with E-state index in [9.17, 15) is 19.2 Å². The van der Waals surface area contributed by atoms with Crippen molar-refractivity contribution in [3.63, 3.8) is 0 Å². The van der Waals surface area contributed by atoms with Crippen LogP contribution in [0.15, 0.2) is 61.7 Å². The average molecular weight is 683 g/mol. The van der Waals surface area contributed by atoms with Crippen LogP contribution in [0, 0.1) is 24.7 Å². The minimum Gasteiger partial charge on any atom is -0.461 e. The molecule has 1 heterocycles. The highest BCUT2D eigenvalue weighted by Gasteiger charge is 2.37. The fourth-order valence-corrected chi connectivity index (χ4v) is 6.09. The molecule has 0 aromatic heterocycles. The van der Waals surface area contributed by atoms with E-state index in [4.69, 9.17) is 14.2 Å². The van der Waals surface area contributed by atoms with E-state index in [0.29, 0.717) is 25.8 Å². The van der Waals surface area contributed by atoms with Crippen molar-refractivity contribution in [2.24, 2.45) is 17.8 Å². The second-order valence-electron chi connectivity index (χ2n) is 13.2. The number of methoxy groups -OCH3 is 2. The number of hydrogen-bond donors (Lipinski definition) is 3. The molecule has 272 valence electrons. The summed E-state index contributed by atoms with van der Waals surface area (Å²) < 4.78 is 16.9. The van der Waals surface area contributed by atoms with Crippen LogP contribution in [0.4, 0.5) is 0 Å². The van der Waals surface area contributed by atoms with E-state index in [-0.39, 0.29) is 42.3 Å². The summed E-state index contributed by atoms with van der Waals surface area (Å²) in [7, 11) is 3.14. The second-order valence-corrected chi connectivity index (χ2v) is 13.2. The summed E-state index contributed by atoms with van der Waals surface area (Å²) in [4.78, 5) is 54.5. The van der Waals surface area contributed by atoms with Crippen LogP contribution >= 0.6 is 0 Å². The van der Waals surface area contributed by atoms with Crippen molar-refractivity contribution in [2.75, 3.05) is 20.8 Å². The van der Waals surface area contributed by atoms with Gasteiger partial charge in [0.1, 0.15) is 24.2 Å². The largest absolute Gasteiger partial charge is 0.461 e. The van der Waals surface area contributed by atoms with Gasteiger partial charge in [-0.05, 0) is 38.2 Å². The summed E-state index contributed by atoms with van der Waals surface area (Å²) in [5.74, 6) is -2.80. The highest BCUT2D eigenvalue weighted by molar-refractivity contribution is 5.93. The fourth-order valence-electron chi connectivity index (χ4n) is 6.09. The van der Waals surface area contributed by atoms with Crippen LogP contribution in [-0.4, -0.2) is 85.9 Å². The Labute approximate surface area is 292 Å². The lowest BCUT2D eigenvalue weighted by Gasteiger charge is -2.36. The molecule has 3 N–H and O–H groups in total. The van der Waals surface area contributed by atoms with E-state index in [1.807, 2.05) is 58.0 Å². The Balaban J connectivity index is 2.28. The predicted molar refractivity (Wildman–Crippen MR) is 191 cm³/mol. The molecule has 49 heavy (non-hydrogen) atoms. The van der Waals surface area contributed by atoms with E-state index >= 15 is 0 Å². The summed E-state index contributed by atoms with van der Waals surface area (Å²) >= 11 is 0. The standard InChI is InChI=1S/C38H58N4O7/c1-11-13-20-32(47-9)27(7)34(48-10)28(8)35(43)40-33(24(3)4)36(44)39-31(23-29-18-14-17-25(5)22-29)37(45)42-21-15-19-30(41-42)38(46)49-26(6)16-12-2/h11-14,17-18,20,22,24,26-28,30-34,41H,1-2,15-16,19,21,23H2,3-10H3,(H,39,44)(H,40,43)/b20-13-/t26-,27+,28-,30+,31+,32+,33+,34-/m1/s1. The number of esters is 1. The highest BCUT2D eigenvalue weighted by atomic mass is 16.5. The number of rotatable bonds is 19. The van der Waals surface area contributed by atoms with Gasteiger partial charge in [-0.15, -0.1) is 6.58 Å². The number of hydrogen-bond acceptors (Lipinski definition) is 8. The molecule has 1 aliphatic heterocycles. The lowest BCUT2D eigenvalue weighted by atomic mass is 9.87. The molecule has 3 amide bonds. The number of benzene rings is 1. The van der Waals surface area contributed by atoms with Gasteiger partial charge in [-0.1, -0.05) is 88.4 Å². The van der Waals surface area contributed by atoms with Gasteiger partial charge in [-0.25, -0.2) is 5.43 Å². The SMILES string of the molecule is C=C/C=C\[C@H](OC)[C@H](C)[C@@H](OC)[C@@H](C)C(=O)N[C@H](C(=O)N[C@@H](Cc1cccc(C)c1)C(=O)N1CCC[C@@H](C(=O)O[C@H](C)CC=C)N1)C(C)C. The first-order valence-electron chi connectivity index (χ1n) is 17.2. The van der Waals surface area contributed by atoms with Gasteiger partial charge in [0.15, 0.2) is 0 Å². The number of aryl methyl sites for hydroxylation is 1. The lowest BCUT2D eigenvalue weighted by Crippen LogP contribution is -2.62. The van der Waals surface area contributed by atoms with Gasteiger partial charge >= 0.3 is 5.97 Å². The van der Waals surface area contributed by atoms with E-state index < -0.39 is 42.0 Å². The van der Waals surface area contributed by atoms with E-state index in [1.54, 1.807) is 46.3 Å². The van der Waals surface area contributed by atoms with Crippen molar-refractivity contribution in [2.45, 2.75) is 104 Å². The molecule has 1 saturated heterocycles. The molecule has 0 aliphatic carbocycles. The molecule has 1 aliphatic rings. The van der Waals surface area contributed by atoms with Crippen LogP contribution in [0.2, 0.25) is 0 Å². The van der Waals surface area contributed by atoms with Crippen LogP contribution in [0.1, 0.15) is 65.0 Å². The summed E-state index contributed by atoms with van der Waals surface area (Å²) in [5.41, 5.74) is 4.91. The minimum absolute atomic E-state index is 0.196. The van der Waals surface area contributed by atoms with Crippen LogP contribution in [0.5, 0.6) is 0 Å². The van der Waals surface area contributed by atoms with Crippen molar-refractivity contribution >= 4 is 23.7 Å². The first-order valence-corrected chi connectivity index (χ1v) is 17.2.